The summed E-state index contributed by atoms with van der Waals surface area (Å²) >= 11 is 0. The van der Waals surface area contributed by atoms with E-state index in [1.807, 2.05) is 6.20 Å². The van der Waals surface area contributed by atoms with Gasteiger partial charge in [-0.05, 0) is 0 Å². The maximum Gasteiger partial charge on any atom is 0.358 e. The maximum absolute atomic E-state index is 11.2. The Morgan fingerprint density at radius 1 is 1.30 bits per heavy atom. The van der Waals surface area contributed by atoms with Crippen molar-refractivity contribution < 1.29 is 14.3 Å². The number of aromatic nitrogens is 4. The van der Waals surface area contributed by atoms with Crippen LogP contribution in [-0.4, -0.2) is 46.5 Å². The van der Waals surface area contributed by atoms with Gasteiger partial charge >= 0.3 is 5.97 Å². The number of nitrogens with zero attached hydrogens (tertiary/aromatic N) is 4. The third-order valence-corrected chi connectivity index (χ3v) is 2.48. The van der Waals surface area contributed by atoms with Crippen LogP contribution in [0.3, 0.4) is 0 Å². The zero-order valence-electron chi connectivity index (χ0n) is 11.2. The smallest absolute Gasteiger partial charge is 0.358 e. The predicted molar refractivity (Wildman–Crippen MR) is 70.8 cm³/mol. The molecule has 0 unspecified atom stereocenters. The SMILES string of the molecule is COCCn1cc(Nc2cnc(C(=O)OC)cn2)cn1. The van der Waals surface area contributed by atoms with Crippen molar-refractivity contribution in [3.8, 4) is 0 Å². The van der Waals surface area contributed by atoms with Crippen molar-refractivity contribution >= 4 is 17.5 Å². The Kier molecular flexibility index (Phi) is 4.61. The minimum atomic E-state index is -0.517. The summed E-state index contributed by atoms with van der Waals surface area (Å²) in [5.41, 5.74) is 0.940. The lowest BCUT2D eigenvalue weighted by Crippen LogP contribution is -2.05. The first-order valence-electron chi connectivity index (χ1n) is 5.91. The Morgan fingerprint density at radius 2 is 2.15 bits per heavy atom. The minimum absolute atomic E-state index is 0.161. The number of ether oxygens (including phenoxy) is 2. The second kappa shape index (κ2) is 6.62. The van der Waals surface area contributed by atoms with Crippen molar-refractivity contribution in [2.24, 2.45) is 0 Å². The molecular formula is C12H15N5O3. The zero-order valence-corrected chi connectivity index (χ0v) is 11.2. The topological polar surface area (TPSA) is 91.2 Å². The Hall–Kier alpha value is -2.48. The Bertz CT molecular complexity index is 567. The number of hydrogen-bond acceptors (Lipinski definition) is 7. The zero-order chi connectivity index (χ0) is 14.4. The van der Waals surface area contributed by atoms with Crippen LogP contribution in [0.5, 0.6) is 0 Å². The van der Waals surface area contributed by atoms with Crippen molar-refractivity contribution in [2.75, 3.05) is 26.1 Å². The van der Waals surface area contributed by atoms with E-state index in [2.05, 4.69) is 25.1 Å². The molecule has 2 aromatic rings. The van der Waals surface area contributed by atoms with E-state index in [0.717, 1.165) is 5.69 Å². The van der Waals surface area contributed by atoms with Gasteiger partial charge in [0.05, 0.1) is 44.5 Å². The van der Waals surface area contributed by atoms with E-state index >= 15 is 0 Å². The molecule has 1 N–H and O–H groups in total. The summed E-state index contributed by atoms with van der Waals surface area (Å²) in [6, 6.07) is 0. The highest BCUT2D eigenvalue weighted by Gasteiger charge is 2.07. The summed E-state index contributed by atoms with van der Waals surface area (Å²) in [6.45, 7) is 1.26. The molecule has 0 aromatic carbocycles. The minimum Gasteiger partial charge on any atom is -0.464 e. The molecule has 0 saturated carbocycles. The largest absolute Gasteiger partial charge is 0.464 e. The highest BCUT2D eigenvalue weighted by Crippen LogP contribution is 2.12. The van der Waals surface area contributed by atoms with Crippen LogP contribution in [0.1, 0.15) is 10.5 Å². The molecule has 20 heavy (non-hydrogen) atoms. The number of methoxy groups -OCH3 is 2. The number of carbonyl (C=O) groups excluding carboxylic acids is 1. The lowest BCUT2D eigenvalue weighted by Gasteiger charge is -2.03. The predicted octanol–water partition coefficient (Wildman–Crippen LogP) is 0.850. The maximum atomic E-state index is 11.2. The molecule has 2 aromatic heterocycles. The molecule has 0 spiro atoms. The summed E-state index contributed by atoms with van der Waals surface area (Å²) in [4.78, 5) is 19.2. The summed E-state index contributed by atoms with van der Waals surface area (Å²) in [7, 11) is 2.94. The van der Waals surface area contributed by atoms with E-state index in [-0.39, 0.29) is 5.69 Å². The molecule has 0 saturated heterocycles. The molecule has 0 aliphatic carbocycles. The van der Waals surface area contributed by atoms with Crippen molar-refractivity contribution in [1.82, 2.24) is 19.7 Å². The molecule has 106 valence electrons. The van der Waals surface area contributed by atoms with Crippen molar-refractivity contribution in [2.45, 2.75) is 6.54 Å². The van der Waals surface area contributed by atoms with E-state index in [4.69, 9.17) is 4.74 Å². The summed E-state index contributed by atoms with van der Waals surface area (Å²) in [5.74, 6) is 0.000352. The number of esters is 1. The lowest BCUT2D eigenvalue weighted by molar-refractivity contribution is 0.0593. The molecule has 0 radical (unpaired) electrons. The van der Waals surface area contributed by atoms with Gasteiger partial charge in [0.15, 0.2) is 5.69 Å². The Balaban J connectivity index is 1.99. The first-order chi connectivity index (χ1) is 9.72. The van der Waals surface area contributed by atoms with Crippen LogP contribution < -0.4 is 5.32 Å². The molecule has 0 bridgehead atoms. The van der Waals surface area contributed by atoms with Gasteiger partial charge in [-0.25, -0.2) is 14.8 Å². The van der Waals surface area contributed by atoms with E-state index in [1.54, 1.807) is 18.0 Å². The number of anilines is 2. The second-order valence-corrected chi connectivity index (χ2v) is 3.89. The van der Waals surface area contributed by atoms with E-state index < -0.39 is 5.97 Å². The Labute approximate surface area is 115 Å². The number of carbonyl (C=O) groups is 1. The normalized spacial score (nSPS) is 10.3. The van der Waals surface area contributed by atoms with Crippen LogP contribution in [0.2, 0.25) is 0 Å². The average molecular weight is 277 g/mol. The molecule has 0 atom stereocenters. The highest BCUT2D eigenvalue weighted by atomic mass is 16.5. The molecule has 0 aliphatic heterocycles. The molecular weight excluding hydrogens is 262 g/mol. The summed E-state index contributed by atoms with van der Waals surface area (Å²) in [6.07, 6.45) is 6.31. The first-order valence-corrected chi connectivity index (χ1v) is 5.91. The van der Waals surface area contributed by atoms with Crippen LogP contribution in [-0.2, 0) is 16.0 Å². The first kappa shape index (κ1) is 13.9. The van der Waals surface area contributed by atoms with Gasteiger partial charge in [0.2, 0.25) is 0 Å². The fourth-order valence-electron chi connectivity index (χ4n) is 1.49. The van der Waals surface area contributed by atoms with Gasteiger partial charge in [-0.2, -0.15) is 5.10 Å². The van der Waals surface area contributed by atoms with Crippen LogP contribution in [0.25, 0.3) is 0 Å². The number of hydrogen-bond donors (Lipinski definition) is 1. The van der Waals surface area contributed by atoms with Gasteiger partial charge < -0.3 is 14.8 Å². The summed E-state index contributed by atoms with van der Waals surface area (Å²) < 4.78 is 11.3. The van der Waals surface area contributed by atoms with E-state index in [1.165, 1.54) is 19.5 Å². The van der Waals surface area contributed by atoms with Crippen molar-refractivity contribution in [1.29, 1.82) is 0 Å². The van der Waals surface area contributed by atoms with Crippen LogP contribution >= 0.6 is 0 Å². The van der Waals surface area contributed by atoms with E-state index in [0.29, 0.717) is 19.0 Å². The van der Waals surface area contributed by atoms with Gasteiger partial charge in [0.1, 0.15) is 5.82 Å². The molecule has 0 amide bonds. The average Bonchev–Trinajstić information content (AvgIpc) is 2.92. The van der Waals surface area contributed by atoms with Gasteiger partial charge in [-0.3, -0.25) is 4.68 Å². The van der Waals surface area contributed by atoms with Gasteiger partial charge in [-0.1, -0.05) is 0 Å². The van der Waals surface area contributed by atoms with E-state index in [9.17, 15) is 4.79 Å². The third kappa shape index (κ3) is 3.51. The molecule has 0 aliphatic rings. The van der Waals surface area contributed by atoms with Gasteiger partial charge in [-0.15, -0.1) is 0 Å². The third-order valence-electron chi connectivity index (χ3n) is 2.48. The summed E-state index contributed by atoms with van der Waals surface area (Å²) in [5, 5.41) is 7.20. The fourth-order valence-corrected chi connectivity index (χ4v) is 1.49. The second-order valence-electron chi connectivity index (χ2n) is 3.89. The van der Waals surface area contributed by atoms with Crippen LogP contribution in [0, 0.1) is 0 Å². The number of nitrogens with one attached hydrogen (secondary N) is 1. The molecule has 2 rings (SSSR count). The monoisotopic (exact) mass is 277 g/mol. The molecule has 8 heteroatoms. The fraction of sp³-hybridized carbons (Fsp3) is 0.333. The molecule has 2 heterocycles. The van der Waals surface area contributed by atoms with Crippen molar-refractivity contribution in [3.63, 3.8) is 0 Å². The van der Waals surface area contributed by atoms with Crippen LogP contribution in [0.4, 0.5) is 11.5 Å². The molecule has 0 fully saturated rings. The lowest BCUT2D eigenvalue weighted by atomic mass is 10.4. The van der Waals surface area contributed by atoms with Crippen LogP contribution in [0.15, 0.2) is 24.8 Å². The Morgan fingerprint density at radius 3 is 2.80 bits per heavy atom. The van der Waals surface area contributed by atoms with Gasteiger partial charge in [0, 0.05) is 13.3 Å². The standard InChI is InChI=1S/C12H15N5O3/c1-19-4-3-17-8-9(5-15-17)16-11-7-13-10(6-14-11)12(18)20-2/h5-8H,3-4H2,1-2H3,(H,14,16). The van der Waals surface area contributed by atoms with Gasteiger partial charge in [0.25, 0.3) is 0 Å². The van der Waals surface area contributed by atoms with Crippen molar-refractivity contribution in [3.05, 3.63) is 30.5 Å². The molecule has 8 nitrogen and oxygen atoms in total. The quantitative estimate of drug-likeness (QED) is 0.782. The highest BCUT2D eigenvalue weighted by molar-refractivity contribution is 5.86. The number of rotatable bonds is 6.